The molecule has 0 N–H and O–H groups in total. The van der Waals surface area contributed by atoms with Gasteiger partial charge in [0.1, 0.15) is 25.4 Å². The maximum atomic E-state index is 12.3. The van der Waals surface area contributed by atoms with Gasteiger partial charge < -0.3 is 47.4 Å². The van der Waals surface area contributed by atoms with E-state index in [9.17, 15) is 43.2 Å². The van der Waals surface area contributed by atoms with E-state index in [0.717, 1.165) is 55.4 Å². The molecule has 0 aromatic rings. The molecule has 47 heavy (non-hydrogen) atoms. The van der Waals surface area contributed by atoms with Gasteiger partial charge in [-0.2, -0.15) is 0 Å². The van der Waals surface area contributed by atoms with E-state index in [1.165, 1.54) is 0 Å². The average Bonchev–Trinajstić information content (AvgIpc) is 2.92. The van der Waals surface area contributed by atoms with Gasteiger partial charge in [0.2, 0.25) is 0 Å². The summed E-state index contributed by atoms with van der Waals surface area (Å²) < 4.78 is 53.5. The van der Waals surface area contributed by atoms with Crippen LogP contribution in [-0.4, -0.2) is 122 Å². The van der Waals surface area contributed by atoms with E-state index in [4.69, 9.17) is 47.4 Å². The topological polar surface area (TPSA) is 246 Å². The van der Waals surface area contributed by atoms with Gasteiger partial charge in [0, 0.05) is 55.4 Å². The Morgan fingerprint density at radius 2 is 1.06 bits per heavy atom. The van der Waals surface area contributed by atoms with Crippen LogP contribution in [0.15, 0.2) is 0 Å². The maximum Gasteiger partial charge on any atom is 0.303 e. The summed E-state index contributed by atoms with van der Waals surface area (Å²) in [4.78, 5) is 108. The van der Waals surface area contributed by atoms with Gasteiger partial charge in [0.05, 0.1) is 0 Å². The Bertz CT molecular complexity index is 1180. The number of esters is 8. The third-order valence-electron chi connectivity index (χ3n) is 5.76. The summed E-state index contributed by atoms with van der Waals surface area (Å²) in [5.41, 5.74) is 0. The van der Waals surface area contributed by atoms with Crippen molar-refractivity contribution in [3.63, 3.8) is 0 Å². The van der Waals surface area contributed by atoms with Crippen molar-refractivity contribution in [2.24, 2.45) is 0 Å². The molecule has 264 valence electrons. The lowest BCUT2D eigenvalue weighted by molar-refractivity contribution is -0.330. The van der Waals surface area contributed by atoms with Crippen molar-refractivity contribution in [3.05, 3.63) is 0 Å². The minimum Gasteiger partial charge on any atom is -0.463 e. The van der Waals surface area contributed by atoms with E-state index < -0.39 is 116 Å². The molecule has 19 nitrogen and oxygen atoms in total. The standard InChI is InChI=1S/C28H38O19/c1-12(30)38-10-21(41-15(4)33)24(23(42-16(5)34)20(9-29)40-14(3)32)47-28-27(45-19(8)37)26(44-18(7)36)25(43-17(6)35)22(46-28)11-39-13(2)31/h9,20-28H,10-11H2,1-8H3/t20-,21-,22-,23-,24+,25-,26+,27+,28+/m1/s1. The van der Waals surface area contributed by atoms with Crippen LogP contribution in [0.5, 0.6) is 0 Å². The molecule has 1 saturated heterocycles. The van der Waals surface area contributed by atoms with E-state index in [-0.39, 0.29) is 6.29 Å². The van der Waals surface area contributed by atoms with Crippen LogP contribution in [0.1, 0.15) is 55.4 Å². The molecule has 0 spiro atoms. The van der Waals surface area contributed by atoms with Crippen LogP contribution in [0.3, 0.4) is 0 Å². The van der Waals surface area contributed by atoms with Gasteiger partial charge in [-0.25, -0.2) is 0 Å². The van der Waals surface area contributed by atoms with Crippen molar-refractivity contribution < 1.29 is 90.5 Å². The molecule has 1 heterocycles. The monoisotopic (exact) mass is 678 g/mol. The second-order valence-electron chi connectivity index (χ2n) is 9.90. The summed E-state index contributed by atoms with van der Waals surface area (Å²) in [6.45, 7) is 6.35. The van der Waals surface area contributed by atoms with E-state index in [0.29, 0.717) is 0 Å². The fourth-order valence-electron chi connectivity index (χ4n) is 4.31. The van der Waals surface area contributed by atoms with Gasteiger partial charge >= 0.3 is 47.8 Å². The predicted molar refractivity (Wildman–Crippen MR) is 146 cm³/mol. The number of hydrogen-bond donors (Lipinski definition) is 0. The highest BCUT2D eigenvalue weighted by Crippen LogP contribution is 2.32. The molecule has 0 bridgehead atoms. The summed E-state index contributed by atoms with van der Waals surface area (Å²) in [5, 5.41) is 0. The number of ether oxygens (including phenoxy) is 10. The number of aldehydes is 1. The Balaban J connectivity index is 3.99. The van der Waals surface area contributed by atoms with Crippen LogP contribution in [-0.2, 0) is 90.5 Å². The Morgan fingerprint density at radius 1 is 0.574 bits per heavy atom. The highest BCUT2D eigenvalue weighted by atomic mass is 16.8. The summed E-state index contributed by atoms with van der Waals surface area (Å²) >= 11 is 0. The van der Waals surface area contributed by atoms with Gasteiger partial charge in [-0.15, -0.1) is 0 Å². The minimum absolute atomic E-state index is 0.0647. The zero-order valence-corrected chi connectivity index (χ0v) is 26.9. The lowest BCUT2D eigenvalue weighted by Gasteiger charge is -2.46. The largest absolute Gasteiger partial charge is 0.463 e. The molecular formula is C28H38O19. The third-order valence-corrected chi connectivity index (χ3v) is 5.76. The fourth-order valence-corrected chi connectivity index (χ4v) is 4.31. The summed E-state index contributed by atoms with van der Waals surface area (Å²) in [7, 11) is 0. The van der Waals surface area contributed by atoms with Crippen LogP contribution >= 0.6 is 0 Å². The van der Waals surface area contributed by atoms with E-state index in [1.807, 2.05) is 0 Å². The first-order valence-corrected chi connectivity index (χ1v) is 13.9. The Kier molecular flexibility index (Phi) is 16.4. The smallest absolute Gasteiger partial charge is 0.303 e. The number of hydrogen-bond acceptors (Lipinski definition) is 19. The molecule has 1 rings (SSSR count). The zero-order chi connectivity index (χ0) is 36.0. The van der Waals surface area contributed by atoms with Crippen molar-refractivity contribution in [2.45, 2.75) is 111 Å². The second kappa shape index (κ2) is 19.1. The van der Waals surface area contributed by atoms with Gasteiger partial charge in [0.15, 0.2) is 49.2 Å². The third kappa shape index (κ3) is 14.1. The van der Waals surface area contributed by atoms with Crippen molar-refractivity contribution in [1.82, 2.24) is 0 Å². The minimum atomic E-state index is -1.97. The lowest BCUT2D eigenvalue weighted by atomic mass is 9.97. The van der Waals surface area contributed by atoms with Crippen LogP contribution in [0.4, 0.5) is 0 Å². The molecule has 9 atom stereocenters. The SMILES string of the molecule is CC(=O)OC[C@@H](OC(C)=O)[C@H](O[C@@H]1O[C@H](COC(C)=O)[C@@H](OC(C)=O)[C@H](OC(C)=O)[C@@H]1OC(C)=O)[C@H](OC(C)=O)[C@@H](C=O)OC(C)=O. The van der Waals surface area contributed by atoms with Gasteiger partial charge in [-0.3, -0.25) is 43.2 Å². The van der Waals surface area contributed by atoms with Crippen LogP contribution < -0.4 is 0 Å². The predicted octanol–water partition coefficient (Wildman–Crippen LogP) is -0.988. The molecule has 1 fully saturated rings. The first-order valence-electron chi connectivity index (χ1n) is 13.9. The molecule has 19 heteroatoms. The lowest BCUT2D eigenvalue weighted by Crippen LogP contribution is -2.65. The molecule has 1 aliphatic rings. The molecule has 0 aromatic heterocycles. The van der Waals surface area contributed by atoms with Gasteiger partial charge in [-0.1, -0.05) is 0 Å². The molecule has 0 amide bonds. The van der Waals surface area contributed by atoms with E-state index in [2.05, 4.69) is 0 Å². The van der Waals surface area contributed by atoms with Crippen LogP contribution in [0, 0.1) is 0 Å². The van der Waals surface area contributed by atoms with E-state index >= 15 is 0 Å². The van der Waals surface area contributed by atoms with E-state index in [1.54, 1.807) is 0 Å². The van der Waals surface area contributed by atoms with Crippen molar-refractivity contribution in [3.8, 4) is 0 Å². The quantitative estimate of drug-likeness (QED) is 0.108. The summed E-state index contributed by atoms with van der Waals surface area (Å²) in [5.74, 6) is -7.62. The number of carbonyl (C=O) groups excluding carboxylic acids is 9. The first kappa shape index (κ1) is 40.4. The molecule has 0 saturated carbocycles. The number of carbonyl (C=O) groups is 9. The zero-order valence-electron chi connectivity index (χ0n) is 26.9. The average molecular weight is 679 g/mol. The second-order valence-corrected chi connectivity index (χ2v) is 9.90. The Labute approximate surface area is 268 Å². The van der Waals surface area contributed by atoms with Crippen molar-refractivity contribution >= 4 is 54.0 Å². The summed E-state index contributed by atoms with van der Waals surface area (Å²) in [6, 6.07) is 0. The normalized spacial score (nSPS) is 22.9. The Morgan fingerprint density at radius 3 is 1.51 bits per heavy atom. The molecule has 0 unspecified atom stereocenters. The van der Waals surface area contributed by atoms with Crippen molar-refractivity contribution in [1.29, 1.82) is 0 Å². The fraction of sp³-hybridized carbons (Fsp3) is 0.679. The molecule has 0 radical (unpaired) electrons. The first-order chi connectivity index (χ1) is 21.9. The number of rotatable bonds is 16. The molecule has 0 aromatic carbocycles. The molecular weight excluding hydrogens is 640 g/mol. The van der Waals surface area contributed by atoms with Crippen LogP contribution in [0.2, 0.25) is 0 Å². The van der Waals surface area contributed by atoms with Crippen LogP contribution in [0.25, 0.3) is 0 Å². The molecule has 1 aliphatic heterocycles. The van der Waals surface area contributed by atoms with Gasteiger partial charge in [0.25, 0.3) is 0 Å². The van der Waals surface area contributed by atoms with Gasteiger partial charge in [-0.05, 0) is 0 Å². The highest BCUT2D eigenvalue weighted by Gasteiger charge is 2.55. The maximum absolute atomic E-state index is 12.3. The summed E-state index contributed by atoms with van der Waals surface area (Å²) in [6.07, 6.45) is -16.2. The highest BCUT2D eigenvalue weighted by molar-refractivity contribution is 5.72. The molecule has 0 aliphatic carbocycles. The van der Waals surface area contributed by atoms with Crippen molar-refractivity contribution in [2.75, 3.05) is 13.2 Å². The Hall–Kier alpha value is -4.65.